The molecule has 0 aliphatic carbocycles. The van der Waals surface area contributed by atoms with Crippen molar-refractivity contribution in [2.75, 3.05) is 0 Å². The first-order chi connectivity index (χ1) is 9.90. The fourth-order valence-electron chi connectivity index (χ4n) is 2.51. The number of rotatable bonds is 3. The van der Waals surface area contributed by atoms with Crippen molar-refractivity contribution >= 4 is 12.6 Å². The molecule has 98 valence electrons. The van der Waals surface area contributed by atoms with Gasteiger partial charge in [0.2, 0.25) is 0 Å². The molecule has 3 aromatic rings. The Labute approximate surface area is 125 Å². The lowest BCUT2D eigenvalue weighted by Gasteiger charge is -2.13. The van der Waals surface area contributed by atoms with E-state index in [9.17, 15) is 0 Å². The predicted octanol–water partition coefficient (Wildman–Crippen LogP) is 5.45. The Bertz CT molecular complexity index is 702. The maximum absolute atomic E-state index is 4.45. The standard InChI is InChI=1S/C19H16S/c20-14-16-10-4-5-12-18(16)19-13-7-6-11-17(19)15-8-2-1-3-9-15/h1-13,20H,14H2. The zero-order valence-electron chi connectivity index (χ0n) is 11.2. The molecule has 0 bridgehead atoms. The highest BCUT2D eigenvalue weighted by Crippen LogP contribution is 2.34. The van der Waals surface area contributed by atoms with Crippen LogP contribution in [0.5, 0.6) is 0 Å². The van der Waals surface area contributed by atoms with Crippen LogP contribution in [0.4, 0.5) is 0 Å². The fraction of sp³-hybridized carbons (Fsp3) is 0.0526. The topological polar surface area (TPSA) is 0 Å². The van der Waals surface area contributed by atoms with Gasteiger partial charge in [0.15, 0.2) is 0 Å². The van der Waals surface area contributed by atoms with Crippen LogP contribution in [0.2, 0.25) is 0 Å². The number of thiol groups is 1. The van der Waals surface area contributed by atoms with E-state index in [2.05, 4.69) is 85.4 Å². The molecular weight excluding hydrogens is 260 g/mol. The average molecular weight is 276 g/mol. The van der Waals surface area contributed by atoms with E-state index >= 15 is 0 Å². The van der Waals surface area contributed by atoms with Crippen molar-refractivity contribution in [3.8, 4) is 22.3 Å². The van der Waals surface area contributed by atoms with Crippen molar-refractivity contribution in [2.45, 2.75) is 5.75 Å². The van der Waals surface area contributed by atoms with E-state index in [1.165, 1.54) is 27.8 Å². The van der Waals surface area contributed by atoms with Crippen molar-refractivity contribution in [1.82, 2.24) is 0 Å². The normalized spacial score (nSPS) is 10.4. The van der Waals surface area contributed by atoms with Crippen LogP contribution in [-0.2, 0) is 5.75 Å². The minimum Gasteiger partial charge on any atom is -0.175 e. The van der Waals surface area contributed by atoms with E-state index in [1.807, 2.05) is 6.07 Å². The van der Waals surface area contributed by atoms with Crippen LogP contribution >= 0.6 is 12.6 Å². The van der Waals surface area contributed by atoms with Gasteiger partial charge >= 0.3 is 0 Å². The van der Waals surface area contributed by atoms with Crippen molar-refractivity contribution in [1.29, 1.82) is 0 Å². The summed E-state index contributed by atoms with van der Waals surface area (Å²) in [4.78, 5) is 0. The molecule has 1 heteroatoms. The smallest absolute Gasteiger partial charge is 0.0160 e. The maximum Gasteiger partial charge on any atom is 0.0160 e. The molecule has 0 saturated heterocycles. The third kappa shape index (κ3) is 2.50. The van der Waals surface area contributed by atoms with Crippen LogP contribution in [0.3, 0.4) is 0 Å². The van der Waals surface area contributed by atoms with E-state index < -0.39 is 0 Å². The first-order valence-corrected chi connectivity index (χ1v) is 7.37. The summed E-state index contributed by atoms with van der Waals surface area (Å²) in [5.41, 5.74) is 6.31. The third-order valence-electron chi connectivity index (χ3n) is 3.49. The Morgan fingerprint density at radius 3 is 1.80 bits per heavy atom. The van der Waals surface area contributed by atoms with Gasteiger partial charge in [-0.25, -0.2) is 0 Å². The Morgan fingerprint density at radius 1 is 0.550 bits per heavy atom. The highest BCUT2D eigenvalue weighted by Gasteiger charge is 2.09. The van der Waals surface area contributed by atoms with E-state index in [-0.39, 0.29) is 0 Å². The molecule has 20 heavy (non-hydrogen) atoms. The zero-order valence-corrected chi connectivity index (χ0v) is 12.1. The Balaban J connectivity index is 2.20. The molecule has 3 aromatic carbocycles. The molecule has 0 atom stereocenters. The summed E-state index contributed by atoms with van der Waals surface area (Å²) in [6.45, 7) is 0. The van der Waals surface area contributed by atoms with E-state index in [1.54, 1.807) is 0 Å². The van der Waals surface area contributed by atoms with Crippen LogP contribution in [0.1, 0.15) is 5.56 Å². The van der Waals surface area contributed by atoms with Gasteiger partial charge in [-0.2, -0.15) is 12.6 Å². The summed E-state index contributed by atoms with van der Waals surface area (Å²) in [6.07, 6.45) is 0. The first kappa shape index (κ1) is 13.0. The van der Waals surface area contributed by atoms with E-state index in [4.69, 9.17) is 0 Å². The molecule has 0 nitrogen and oxygen atoms in total. The summed E-state index contributed by atoms with van der Waals surface area (Å²) in [6, 6.07) is 27.5. The zero-order chi connectivity index (χ0) is 13.8. The lowest BCUT2D eigenvalue weighted by atomic mass is 9.92. The van der Waals surface area contributed by atoms with Gasteiger partial charge in [0.25, 0.3) is 0 Å². The van der Waals surface area contributed by atoms with Gasteiger partial charge in [-0.3, -0.25) is 0 Å². The highest BCUT2D eigenvalue weighted by atomic mass is 32.1. The number of hydrogen-bond acceptors (Lipinski definition) is 1. The van der Waals surface area contributed by atoms with Gasteiger partial charge in [-0.15, -0.1) is 0 Å². The Morgan fingerprint density at radius 2 is 1.10 bits per heavy atom. The van der Waals surface area contributed by atoms with Crippen molar-refractivity contribution in [2.24, 2.45) is 0 Å². The SMILES string of the molecule is SCc1ccccc1-c1ccccc1-c1ccccc1. The second-order valence-electron chi connectivity index (χ2n) is 4.73. The third-order valence-corrected chi connectivity index (χ3v) is 3.83. The molecule has 0 heterocycles. The second-order valence-corrected chi connectivity index (χ2v) is 5.04. The summed E-state index contributed by atoms with van der Waals surface area (Å²) in [5, 5.41) is 0. The molecule has 0 radical (unpaired) electrons. The summed E-state index contributed by atoms with van der Waals surface area (Å²) in [5.74, 6) is 0.749. The molecule has 0 aliphatic rings. The van der Waals surface area contributed by atoms with Crippen molar-refractivity contribution < 1.29 is 0 Å². The molecule has 3 rings (SSSR count). The maximum atomic E-state index is 4.45. The van der Waals surface area contributed by atoms with Crippen LogP contribution in [0.25, 0.3) is 22.3 Å². The number of hydrogen-bond donors (Lipinski definition) is 1. The van der Waals surface area contributed by atoms with Crippen LogP contribution in [-0.4, -0.2) is 0 Å². The van der Waals surface area contributed by atoms with Crippen LogP contribution in [0.15, 0.2) is 78.9 Å². The predicted molar refractivity (Wildman–Crippen MR) is 90.0 cm³/mol. The number of benzene rings is 3. The first-order valence-electron chi connectivity index (χ1n) is 6.74. The van der Waals surface area contributed by atoms with Gasteiger partial charge in [-0.1, -0.05) is 78.9 Å². The molecular formula is C19H16S. The lowest BCUT2D eigenvalue weighted by molar-refractivity contribution is 1.42. The van der Waals surface area contributed by atoms with E-state index in [0.717, 1.165) is 5.75 Å². The fourth-order valence-corrected chi connectivity index (χ4v) is 2.78. The largest absolute Gasteiger partial charge is 0.175 e. The van der Waals surface area contributed by atoms with Crippen molar-refractivity contribution in [3.63, 3.8) is 0 Å². The quantitative estimate of drug-likeness (QED) is 0.604. The van der Waals surface area contributed by atoms with Gasteiger partial charge in [0, 0.05) is 5.75 Å². The lowest BCUT2D eigenvalue weighted by Crippen LogP contribution is -1.89. The van der Waals surface area contributed by atoms with Crippen molar-refractivity contribution in [3.05, 3.63) is 84.4 Å². The molecule has 0 aliphatic heterocycles. The van der Waals surface area contributed by atoms with E-state index in [0.29, 0.717) is 0 Å². The minimum absolute atomic E-state index is 0.749. The van der Waals surface area contributed by atoms with Gasteiger partial charge in [0.05, 0.1) is 0 Å². The molecule has 0 amide bonds. The average Bonchev–Trinajstić information content (AvgIpc) is 2.55. The minimum atomic E-state index is 0.749. The molecule has 0 fully saturated rings. The Kier molecular flexibility index (Phi) is 3.89. The monoisotopic (exact) mass is 276 g/mol. The summed E-state index contributed by atoms with van der Waals surface area (Å²) < 4.78 is 0. The molecule has 0 spiro atoms. The van der Waals surface area contributed by atoms with Gasteiger partial charge in [-0.05, 0) is 27.8 Å². The summed E-state index contributed by atoms with van der Waals surface area (Å²) >= 11 is 4.45. The van der Waals surface area contributed by atoms with Crippen LogP contribution in [0, 0.1) is 0 Å². The highest BCUT2D eigenvalue weighted by molar-refractivity contribution is 7.79. The molecule has 0 unspecified atom stereocenters. The Hall–Kier alpha value is -1.99. The van der Waals surface area contributed by atoms with Gasteiger partial charge < -0.3 is 0 Å². The summed E-state index contributed by atoms with van der Waals surface area (Å²) in [7, 11) is 0. The van der Waals surface area contributed by atoms with Crippen LogP contribution < -0.4 is 0 Å². The second kappa shape index (κ2) is 5.98. The molecule has 0 aromatic heterocycles. The van der Waals surface area contributed by atoms with Gasteiger partial charge in [0.1, 0.15) is 0 Å². The molecule has 0 N–H and O–H groups in total. The molecule has 0 saturated carbocycles.